The lowest BCUT2D eigenvalue weighted by Gasteiger charge is -2.35. The molecule has 0 aromatic carbocycles. The van der Waals surface area contributed by atoms with Gasteiger partial charge in [-0.3, -0.25) is 4.79 Å². The molecule has 0 atom stereocenters. The fraction of sp³-hybridized carbons (Fsp3) is 0.278. The molecule has 3 aromatic heterocycles. The molecule has 0 bridgehead atoms. The second-order valence-electron chi connectivity index (χ2n) is 6.20. The molecule has 3 aromatic rings. The molecule has 4 rings (SSSR count). The van der Waals surface area contributed by atoms with E-state index >= 15 is 0 Å². The quantitative estimate of drug-likeness (QED) is 0.746. The number of amides is 1. The molecular weight excluding hydrogens is 346 g/mol. The molecule has 1 aliphatic heterocycles. The van der Waals surface area contributed by atoms with Gasteiger partial charge in [-0.05, 0) is 25.1 Å². The third-order valence-corrected chi connectivity index (χ3v) is 4.33. The molecule has 1 amide bonds. The van der Waals surface area contributed by atoms with Crippen LogP contribution in [0, 0.1) is 6.92 Å². The molecule has 1 N–H and O–H groups in total. The van der Waals surface area contributed by atoms with Gasteiger partial charge in [-0.15, -0.1) is 0 Å². The number of nitrogens with one attached hydrogen (secondary N) is 1. The molecule has 0 radical (unpaired) electrons. The lowest BCUT2D eigenvalue weighted by molar-refractivity contribution is 0.102. The van der Waals surface area contributed by atoms with Crippen molar-refractivity contribution in [1.82, 2.24) is 20.1 Å². The maximum Gasteiger partial charge on any atom is 0.275 e. The first-order valence-electron chi connectivity index (χ1n) is 8.67. The van der Waals surface area contributed by atoms with Gasteiger partial charge in [0, 0.05) is 44.6 Å². The Labute approximate surface area is 156 Å². The van der Waals surface area contributed by atoms with Crippen molar-refractivity contribution in [1.29, 1.82) is 0 Å². The largest absolute Gasteiger partial charge is 0.367 e. The number of anilines is 3. The minimum Gasteiger partial charge on any atom is -0.367 e. The molecule has 138 valence electrons. The normalized spacial score (nSPS) is 14.3. The molecule has 27 heavy (non-hydrogen) atoms. The van der Waals surface area contributed by atoms with Crippen LogP contribution in [0.25, 0.3) is 0 Å². The predicted molar refractivity (Wildman–Crippen MR) is 99.9 cm³/mol. The van der Waals surface area contributed by atoms with E-state index in [-0.39, 0.29) is 5.91 Å². The molecular formula is C18H19N7O2. The number of nitrogens with zero attached hydrogens (tertiary/aromatic N) is 6. The van der Waals surface area contributed by atoms with Gasteiger partial charge in [-0.25, -0.2) is 15.0 Å². The van der Waals surface area contributed by atoms with Gasteiger partial charge >= 0.3 is 0 Å². The SMILES string of the molecule is Cc1cc(NC(=O)c2ccc(N3CCN(c4ncccn4)CC3)cn2)no1. The summed E-state index contributed by atoms with van der Waals surface area (Å²) in [6.07, 6.45) is 5.23. The number of carbonyl (C=O) groups excluding carboxylic acids is 1. The zero-order valence-corrected chi connectivity index (χ0v) is 14.9. The minimum atomic E-state index is -0.319. The summed E-state index contributed by atoms with van der Waals surface area (Å²) >= 11 is 0. The van der Waals surface area contributed by atoms with Gasteiger partial charge in [-0.2, -0.15) is 0 Å². The number of hydrogen-bond donors (Lipinski definition) is 1. The van der Waals surface area contributed by atoms with E-state index in [2.05, 4.69) is 35.2 Å². The van der Waals surface area contributed by atoms with Gasteiger partial charge in [0.2, 0.25) is 5.95 Å². The van der Waals surface area contributed by atoms with E-state index in [0.29, 0.717) is 17.3 Å². The van der Waals surface area contributed by atoms with Gasteiger partial charge in [0.05, 0.1) is 11.9 Å². The first kappa shape index (κ1) is 17.0. The van der Waals surface area contributed by atoms with Gasteiger partial charge in [0.1, 0.15) is 11.5 Å². The van der Waals surface area contributed by atoms with E-state index in [1.54, 1.807) is 37.6 Å². The Bertz CT molecular complexity index is 903. The zero-order valence-electron chi connectivity index (χ0n) is 14.9. The van der Waals surface area contributed by atoms with Crippen LogP contribution in [0.2, 0.25) is 0 Å². The Morgan fingerprint density at radius 2 is 1.81 bits per heavy atom. The standard InChI is InChI=1S/C18H19N7O2/c1-13-11-16(23-27-13)22-17(26)15-4-3-14(12-21-15)24-7-9-25(10-8-24)18-19-5-2-6-20-18/h2-6,11-12H,7-10H2,1H3,(H,22,23,26). The van der Waals surface area contributed by atoms with E-state index in [1.165, 1.54) is 0 Å². The van der Waals surface area contributed by atoms with Crippen molar-refractivity contribution < 1.29 is 9.32 Å². The molecule has 1 fully saturated rings. The van der Waals surface area contributed by atoms with Crippen molar-refractivity contribution in [3.05, 3.63) is 54.3 Å². The highest BCUT2D eigenvalue weighted by molar-refractivity contribution is 6.02. The van der Waals surface area contributed by atoms with Gasteiger partial charge in [0.15, 0.2) is 5.82 Å². The van der Waals surface area contributed by atoms with Crippen LogP contribution in [-0.2, 0) is 0 Å². The highest BCUT2D eigenvalue weighted by Gasteiger charge is 2.19. The Kier molecular flexibility index (Phi) is 4.65. The van der Waals surface area contributed by atoms with Crippen LogP contribution in [0.5, 0.6) is 0 Å². The summed E-state index contributed by atoms with van der Waals surface area (Å²) in [4.78, 5) is 29.5. The number of pyridine rings is 1. The number of carbonyl (C=O) groups is 1. The van der Waals surface area contributed by atoms with Gasteiger partial charge in [-0.1, -0.05) is 5.16 Å². The van der Waals surface area contributed by atoms with E-state index < -0.39 is 0 Å². The Hall–Kier alpha value is -3.49. The summed E-state index contributed by atoms with van der Waals surface area (Å²) in [7, 11) is 0. The fourth-order valence-electron chi connectivity index (χ4n) is 2.93. The molecule has 9 nitrogen and oxygen atoms in total. The lowest BCUT2D eigenvalue weighted by atomic mass is 10.2. The summed E-state index contributed by atoms with van der Waals surface area (Å²) in [5.41, 5.74) is 1.31. The van der Waals surface area contributed by atoms with Crippen molar-refractivity contribution in [2.45, 2.75) is 6.92 Å². The molecule has 0 unspecified atom stereocenters. The van der Waals surface area contributed by atoms with Crippen LogP contribution >= 0.6 is 0 Å². The minimum absolute atomic E-state index is 0.319. The predicted octanol–water partition coefficient (Wildman–Crippen LogP) is 1.75. The highest BCUT2D eigenvalue weighted by atomic mass is 16.5. The molecule has 9 heteroatoms. The van der Waals surface area contributed by atoms with E-state index in [9.17, 15) is 4.79 Å². The highest BCUT2D eigenvalue weighted by Crippen LogP contribution is 2.18. The second kappa shape index (κ2) is 7.40. The molecule has 0 saturated carbocycles. The third kappa shape index (κ3) is 3.86. The van der Waals surface area contributed by atoms with Crippen molar-refractivity contribution in [2.75, 3.05) is 41.3 Å². The Morgan fingerprint density at radius 1 is 1.07 bits per heavy atom. The van der Waals surface area contributed by atoms with Crippen LogP contribution in [0.3, 0.4) is 0 Å². The van der Waals surface area contributed by atoms with E-state index in [0.717, 1.165) is 37.8 Å². The molecule has 0 aliphatic carbocycles. The number of piperazine rings is 1. The topological polar surface area (TPSA) is 100 Å². The van der Waals surface area contributed by atoms with Gasteiger partial charge in [0.25, 0.3) is 5.91 Å². The van der Waals surface area contributed by atoms with Gasteiger partial charge < -0.3 is 19.6 Å². The van der Waals surface area contributed by atoms with Crippen molar-refractivity contribution in [2.24, 2.45) is 0 Å². The third-order valence-electron chi connectivity index (χ3n) is 4.33. The van der Waals surface area contributed by atoms with Crippen LogP contribution in [0.15, 0.2) is 47.4 Å². The molecule has 4 heterocycles. The molecule has 1 saturated heterocycles. The molecule has 1 aliphatic rings. The average Bonchev–Trinajstić information content (AvgIpc) is 3.13. The number of aryl methyl sites for hydroxylation is 1. The zero-order chi connectivity index (χ0) is 18.6. The van der Waals surface area contributed by atoms with Crippen molar-refractivity contribution in [3.63, 3.8) is 0 Å². The summed E-state index contributed by atoms with van der Waals surface area (Å²) in [6, 6.07) is 7.09. The smallest absolute Gasteiger partial charge is 0.275 e. The number of rotatable bonds is 4. The summed E-state index contributed by atoms with van der Waals surface area (Å²) in [5, 5.41) is 6.41. The van der Waals surface area contributed by atoms with Crippen molar-refractivity contribution in [3.8, 4) is 0 Å². The van der Waals surface area contributed by atoms with Crippen LogP contribution < -0.4 is 15.1 Å². The summed E-state index contributed by atoms with van der Waals surface area (Å²) in [6.45, 7) is 5.10. The summed E-state index contributed by atoms with van der Waals surface area (Å²) in [5.74, 6) is 1.45. The fourth-order valence-corrected chi connectivity index (χ4v) is 2.93. The maximum absolute atomic E-state index is 12.2. The Balaban J connectivity index is 1.36. The summed E-state index contributed by atoms with van der Waals surface area (Å²) < 4.78 is 4.94. The Morgan fingerprint density at radius 3 is 2.44 bits per heavy atom. The van der Waals surface area contributed by atoms with Crippen LogP contribution in [0.4, 0.5) is 17.5 Å². The molecule has 0 spiro atoms. The number of aromatic nitrogens is 4. The second-order valence-corrected chi connectivity index (χ2v) is 6.20. The first-order valence-corrected chi connectivity index (χ1v) is 8.67. The average molecular weight is 365 g/mol. The van der Waals surface area contributed by atoms with E-state index in [4.69, 9.17) is 4.52 Å². The first-order chi connectivity index (χ1) is 13.2. The maximum atomic E-state index is 12.2. The number of hydrogen-bond acceptors (Lipinski definition) is 8. The van der Waals surface area contributed by atoms with E-state index in [1.807, 2.05) is 12.1 Å². The monoisotopic (exact) mass is 365 g/mol. The van der Waals surface area contributed by atoms with Crippen LogP contribution in [0.1, 0.15) is 16.2 Å². The lowest BCUT2D eigenvalue weighted by Crippen LogP contribution is -2.47. The van der Waals surface area contributed by atoms with Crippen LogP contribution in [-0.4, -0.2) is 52.2 Å². The van der Waals surface area contributed by atoms with Crippen molar-refractivity contribution >= 4 is 23.4 Å².